The molecule has 0 saturated heterocycles. The molecule has 17 heavy (non-hydrogen) atoms. The van der Waals surface area contributed by atoms with Gasteiger partial charge in [0.05, 0.1) is 5.69 Å². The summed E-state index contributed by atoms with van der Waals surface area (Å²) < 4.78 is 86.4. The Hall–Kier alpha value is -1.54. The van der Waals surface area contributed by atoms with Crippen LogP contribution in [0.5, 0.6) is 0 Å². The first-order valence-electron chi connectivity index (χ1n) is 4.02. The second-order valence-corrected chi connectivity index (χ2v) is 3.08. The smallest absolute Gasteiger partial charge is 0.360 e. The summed E-state index contributed by atoms with van der Waals surface area (Å²) in [6.07, 6.45) is -5.87. The summed E-state index contributed by atoms with van der Waals surface area (Å²) in [7, 11) is 0. The minimum absolute atomic E-state index is 0.0142. The normalized spacial score (nSPS) is 13.8. The van der Waals surface area contributed by atoms with Crippen molar-refractivity contribution in [1.29, 1.82) is 0 Å². The average molecular weight is 263 g/mol. The molecule has 9 heteroatoms. The van der Waals surface area contributed by atoms with E-state index in [0.717, 1.165) is 0 Å². The molecule has 2 nitrogen and oxygen atoms in total. The van der Waals surface area contributed by atoms with Gasteiger partial charge in [-0.1, -0.05) is 0 Å². The van der Waals surface area contributed by atoms with E-state index in [2.05, 4.69) is 0 Å². The van der Waals surface area contributed by atoms with Crippen molar-refractivity contribution in [1.82, 2.24) is 4.98 Å². The number of nitrogens with one attached hydrogen (secondary N) is 1. The van der Waals surface area contributed by atoms with Crippen molar-refractivity contribution in [3.8, 4) is 0 Å². The zero-order chi connectivity index (χ0) is 13.5. The number of hydrogen-bond donors (Lipinski definition) is 1. The lowest BCUT2D eigenvalue weighted by molar-refractivity contribution is -0.360. The number of alkyl halides is 7. The molecule has 0 radical (unpaired) electrons. The molecule has 0 atom stereocenters. The fourth-order valence-electron chi connectivity index (χ4n) is 0.974. The van der Waals surface area contributed by atoms with Crippen LogP contribution in [0.15, 0.2) is 23.1 Å². The first-order valence-corrected chi connectivity index (χ1v) is 4.02. The Morgan fingerprint density at radius 1 is 1.00 bits per heavy atom. The number of halogens is 7. The summed E-state index contributed by atoms with van der Waals surface area (Å²) in [5.41, 5.74) is -2.91. The maximum Gasteiger partial charge on any atom is 0.460 e. The molecule has 1 aromatic heterocycles. The molecule has 1 N–H and O–H groups in total. The molecule has 1 aromatic rings. The largest absolute Gasteiger partial charge is 0.460 e. The quantitative estimate of drug-likeness (QED) is 0.817. The number of pyridine rings is 1. The third-order valence-electron chi connectivity index (χ3n) is 1.86. The maximum absolute atomic E-state index is 13.0. The fraction of sp³-hybridized carbons (Fsp3) is 0.375. The van der Waals surface area contributed by atoms with Crippen molar-refractivity contribution in [2.45, 2.75) is 18.0 Å². The second kappa shape index (κ2) is 3.74. The second-order valence-electron chi connectivity index (χ2n) is 3.08. The number of aromatic amines is 1. The van der Waals surface area contributed by atoms with E-state index in [4.69, 9.17) is 0 Å². The van der Waals surface area contributed by atoms with Gasteiger partial charge in [-0.15, -0.1) is 0 Å². The van der Waals surface area contributed by atoms with Crippen molar-refractivity contribution < 1.29 is 30.7 Å². The van der Waals surface area contributed by atoms with Crippen LogP contribution in [0.4, 0.5) is 30.7 Å². The molecule has 0 bridgehead atoms. The van der Waals surface area contributed by atoms with Crippen LogP contribution in [0, 0.1) is 0 Å². The minimum atomic E-state index is -6.43. The highest BCUT2D eigenvalue weighted by Crippen LogP contribution is 2.50. The van der Waals surface area contributed by atoms with Gasteiger partial charge in [0.2, 0.25) is 0 Å². The van der Waals surface area contributed by atoms with Gasteiger partial charge in [-0.2, -0.15) is 30.7 Å². The molecule has 1 heterocycles. The molecule has 0 amide bonds. The molecule has 0 aliphatic heterocycles. The highest BCUT2D eigenvalue weighted by atomic mass is 19.4. The third kappa shape index (κ3) is 2.13. The van der Waals surface area contributed by atoms with Crippen LogP contribution in [0.2, 0.25) is 0 Å². The Labute approximate surface area is 89.1 Å². The van der Waals surface area contributed by atoms with E-state index in [1.165, 1.54) is 4.98 Å². The average Bonchev–Trinajstić information content (AvgIpc) is 2.15. The van der Waals surface area contributed by atoms with Crippen molar-refractivity contribution in [2.75, 3.05) is 0 Å². The Morgan fingerprint density at radius 3 is 1.94 bits per heavy atom. The lowest BCUT2D eigenvalue weighted by atomic mass is 10.1. The van der Waals surface area contributed by atoms with Gasteiger partial charge in [0.25, 0.3) is 0 Å². The lowest BCUT2D eigenvalue weighted by Crippen LogP contribution is -2.50. The molecule has 0 aliphatic rings. The Kier molecular flexibility index (Phi) is 2.98. The predicted octanol–water partition coefficient (Wildman–Crippen LogP) is 2.66. The molecule has 1 rings (SSSR count). The molecule has 0 aliphatic carbocycles. The van der Waals surface area contributed by atoms with Crippen molar-refractivity contribution in [3.63, 3.8) is 0 Å². The molecule has 96 valence electrons. The van der Waals surface area contributed by atoms with Crippen LogP contribution in [0.3, 0.4) is 0 Å². The van der Waals surface area contributed by atoms with Gasteiger partial charge in [-0.05, 0) is 0 Å². The van der Waals surface area contributed by atoms with Crippen LogP contribution in [0.25, 0.3) is 0 Å². The van der Waals surface area contributed by atoms with Crippen LogP contribution < -0.4 is 5.43 Å². The molecule has 0 aromatic carbocycles. The molecule has 0 fully saturated rings. The maximum atomic E-state index is 13.0. The van der Waals surface area contributed by atoms with Gasteiger partial charge in [0.1, 0.15) is 0 Å². The van der Waals surface area contributed by atoms with E-state index < -0.39 is 29.1 Å². The van der Waals surface area contributed by atoms with Gasteiger partial charge < -0.3 is 4.98 Å². The van der Waals surface area contributed by atoms with Crippen LogP contribution in [-0.2, 0) is 5.92 Å². The Morgan fingerprint density at radius 2 is 1.53 bits per heavy atom. The van der Waals surface area contributed by atoms with Gasteiger partial charge in [-0.3, -0.25) is 4.79 Å². The molecule has 0 saturated carbocycles. The molecule has 0 unspecified atom stereocenters. The van der Waals surface area contributed by atoms with Gasteiger partial charge >= 0.3 is 18.0 Å². The molecule has 0 spiro atoms. The standard InChI is InChI=1S/C8H4F7NO/c9-6(10,7(11,12)8(13,14)15)5-3-4(17)1-2-16-5/h1-3H,(H,16,17). The zero-order valence-corrected chi connectivity index (χ0v) is 7.79. The summed E-state index contributed by atoms with van der Waals surface area (Å²) in [5, 5.41) is 0. The first-order chi connectivity index (χ1) is 7.50. The summed E-state index contributed by atoms with van der Waals surface area (Å²) >= 11 is 0. The first kappa shape index (κ1) is 13.5. The number of hydrogen-bond acceptors (Lipinski definition) is 1. The highest BCUT2D eigenvalue weighted by Gasteiger charge is 2.74. The summed E-state index contributed by atoms with van der Waals surface area (Å²) in [4.78, 5) is 12.1. The Bertz CT molecular complexity index is 461. The van der Waals surface area contributed by atoms with Crippen LogP contribution in [0.1, 0.15) is 5.69 Å². The van der Waals surface area contributed by atoms with Crippen LogP contribution in [-0.4, -0.2) is 17.1 Å². The fourth-order valence-corrected chi connectivity index (χ4v) is 0.974. The van der Waals surface area contributed by atoms with E-state index >= 15 is 0 Å². The lowest BCUT2D eigenvalue weighted by Gasteiger charge is -2.27. The van der Waals surface area contributed by atoms with E-state index in [1.54, 1.807) is 0 Å². The third-order valence-corrected chi connectivity index (χ3v) is 1.86. The molecular weight excluding hydrogens is 259 g/mol. The van der Waals surface area contributed by atoms with E-state index in [9.17, 15) is 35.5 Å². The summed E-state index contributed by atoms with van der Waals surface area (Å²) in [6.45, 7) is 0. The number of H-pyrrole nitrogens is 1. The predicted molar refractivity (Wildman–Crippen MR) is 42.0 cm³/mol. The number of aromatic nitrogens is 1. The summed E-state index contributed by atoms with van der Waals surface area (Å²) in [6, 6.07) is 0.685. The monoisotopic (exact) mass is 263 g/mol. The van der Waals surface area contributed by atoms with Gasteiger partial charge in [0, 0.05) is 18.3 Å². The topological polar surface area (TPSA) is 32.9 Å². The van der Waals surface area contributed by atoms with Crippen molar-refractivity contribution in [3.05, 3.63) is 34.2 Å². The van der Waals surface area contributed by atoms with Crippen molar-refractivity contribution in [2.24, 2.45) is 0 Å². The minimum Gasteiger partial charge on any atom is -0.360 e. The Balaban J connectivity index is 3.33. The number of rotatable bonds is 2. The zero-order valence-electron chi connectivity index (χ0n) is 7.79. The van der Waals surface area contributed by atoms with Crippen LogP contribution >= 0.6 is 0 Å². The van der Waals surface area contributed by atoms with Gasteiger partial charge in [-0.25, -0.2) is 0 Å². The molecular formula is C8H4F7NO. The van der Waals surface area contributed by atoms with E-state index in [1.807, 2.05) is 0 Å². The van der Waals surface area contributed by atoms with E-state index in [-0.39, 0.29) is 6.07 Å². The summed E-state index contributed by atoms with van der Waals surface area (Å²) in [5.74, 6) is -11.8. The SMILES string of the molecule is O=c1cc[nH]c(C(F)(F)C(F)(F)C(F)(F)F)c1. The van der Waals surface area contributed by atoms with Crippen molar-refractivity contribution >= 4 is 0 Å². The highest BCUT2D eigenvalue weighted by molar-refractivity contribution is 5.15. The van der Waals surface area contributed by atoms with E-state index in [0.29, 0.717) is 12.3 Å². The van der Waals surface area contributed by atoms with Gasteiger partial charge in [0.15, 0.2) is 5.43 Å².